The van der Waals surface area contributed by atoms with E-state index in [9.17, 15) is 5.11 Å². The summed E-state index contributed by atoms with van der Waals surface area (Å²) < 4.78 is 0. The van der Waals surface area contributed by atoms with E-state index in [0.717, 1.165) is 12.3 Å². The molecule has 0 aromatic heterocycles. The third-order valence-electron chi connectivity index (χ3n) is 7.23. The van der Waals surface area contributed by atoms with Gasteiger partial charge in [0.05, 0.1) is 6.10 Å². The van der Waals surface area contributed by atoms with Crippen LogP contribution in [0.25, 0.3) is 0 Å². The highest BCUT2D eigenvalue weighted by atomic mass is 16.3. The molecule has 1 N–H and O–H groups in total. The van der Waals surface area contributed by atoms with E-state index in [1.165, 1.54) is 36.8 Å². The van der Waals surface area contributed by atoms with Crippen LogP contribution in [-0.4, -0.2) is 11.2 Å². The van der Waals surface area contributed by atoms with Crippen molar-refractivity contribution in [3.63, 3.8) is 0 Å². The fraction of sp³-hybridized carbons (Fsp3) is 0.714. The summed E-state index contributed by atoms with van der Waals surface area (Å²) in [5, 5.41) is 10.6. The summed E-state index contributed by atoms with van der Waals surface area (Å²) in [6.45, 7) is 11.8. The molecule has 1 aromatic rings. The van der Waals surface area contributed by atoms with Crippen LogP contribution < -0.4 is 0 Å². The molecule has 0 amide bonds. The first-order chi connectivity index (χ1) is 10.2. The maximum atomic E-state index is 10.6. The Morgan fingerprint density at radius 1 is 0.909 bits per heavy atom. The van der Waals surface area contributed by atoms with Crippen LogP contribution in [0.15, 0.2) is 12.1 Å². The smallest absolute Gasteiger partial charge is 0.0639 e. The zero-order chi connectivity index (χ0) is 15.9. The van der Waals surface area contributed by atoms with E-state index in [-0.39, 0.29) is 22.3 Å². The van der Waals surface area contributed by atoms with Crippen molar-refractivity contribution in [2.45, 2.75) is 89.1 Å². The van der Waals surface area contributed by atoms with Gasteiger partial charge >= 0.3 is 0 Å². The second-order valence-electron chi connectivity index (χ2n) is 9.52. The molecule has 0 bridgehead atoms. The maximum Gasteiger partial charge on any atom is 0.0639 e. The molecule has 3 aliphatic rings. The van der Waals surface area contributed by atoms with Crippen LogP contribution in [0.3, 0.4) is 0 Å². The molecule has 0 aliphatic heterocycles. The minimum atomic E-state index is -0.117. The van der Waals surface area contributed by atoms with Crippen molar-refractivity contribution in [1.29, 1.82) is 0 Å². The van der Waals surface area contributed by atoms with Crippen molar-refractivity contribution < 1.29 is 5.11 Å². The van der Waals surface area contributed by atoms with Gasteiger partial charge < -0.3 is 5.11 Å². The lowest BCUT2D eigenvalue weighted by Gasteiger charge is -2.43. The number of aliphatic hydroxyl groups is 1. The Morgan fingerprint density at radius 2 is 1.50 bits per heavy atom. The van der Waals surface area contributed by atoms with Crippen molar-refractivity contribution in [3.05, 3.63) is 34.4 Å². The monoisotopic (exact) mass is 298 g/mol. The molecule has 22 heavy (non-hydrogen) atoms. The summed E-state index contributed by atoms with van der Waals surface area (Å²) in [7, 11) is 0. The average molecular weight is 298 g/mol. The summed E-state index contributed by atoms with van der Waals surface area (Å²) in [4.78, 5) is 0. The number of rotatable bonds is 1. The molecule has 3 aliphatic carbocycles. The first kappa shape index (κ1) is 14.8. The Hall–Kier alpha value is -0.820. The minimum absolute atomic E-state index is 0.108. The molecular formula is C21H30O. The lowest BCUT2D eigenvalue weighted by molar-refractivity contribution is 0.140. The molecule has 2 fully saturated rings. The summed E-state index contributed by atoms with van der Waals surface area (Å²) in [5.41, 5.74) is 6.62. The van der Waals surface area contributed by atoms with Gasteiger partial charge in [0.15, 0.2) is 0 Å². The van der Waals surface area contributed by atoms with Gasteiger partial charge in [0, 0.05) is 5.41 Å². The first-order valence-electron chi connectivity index (χ1n) is 9.03. The van der Waals surface area contributed by atoms with Gasteiger partial charge in [-0.15, -0.1) is 0 Å². The van der Waals surface area contributed by atoms with Crippen LogP contribution >= 0.6 is 0 Å². The van der Waals surface area contributed by atoms with Gasteiger partial charge in [0.2, 0.25) is 0 Å². The zero-order valence-electron chi connectivity index (χ0n) is 14.8. The Labute approximate surface area is 135 Å². The van der Waals surface area contributed by atoms with Gasteiger partial charge in [0.1, 0.15) is 0 Å². The number of benzene rings is 1. The molecule has 1 aromatic carbocycles. The fourth-order valence-electron chi connectivity index (χ4n) is 5.47. The maximum absolute atomic E-state index is 10.6. The molecule has 0 spiro atoms. The van der Waals surface area contributed by atoms with Gasteiger partial charge in [-0.25, -0.2) is 0 Å². The van der Waals surface area contributed by atoms with E-state index >= 15 is 0 Å². The van der Waals surface area contributed by atoms with Gasteiger partial charge in [-0.05, 0) is 78.0 Å². The summed E-state index contributed by atoms with van der Waals surface area (Å²) in [6, 6.07) is 4.96. The molecule has 2 saturated carbocycles. The van der Waals surface area contributed by atoms with Gasteiger partial charge in [-0.3, -0.25) is 0 Å². The molecule has 0 radical (unpaired) electrons. The van der Waals surface area contributed by atoms with Gasteiger partial charge in [-0.2, -0.15) is 0 Å². The van der Waals surface area contributed by atoms with Crippen LogP contribution in [0.4, 0.5) is 0 Å². The quantitative estimate of drug-likeness (QED) is 0.793. The molecule has 1 nitrogen and oxygen atoms in total. The Bertz CT molecular complexity index is 640. The van der Waals surface area contributed by atoms with E-state index in [1.807, 2.05) is 0 Å². The van der Waals surface area contributed by atoms with E-state index in [0.29, 0.717) is 0 Å². The third-order valence-corrected chi connectivity index (χ3v) is 7.23. The summed E-state index contributed by atoms with van der Waals surface area (Å²) >= 11 is 0. The highest BCUT2D eigenvalue weighted by Crippen LogP contribution is 2.65. The van der Waals surface area contributed by atoms with E-state index in [1.54, 1.807) is 11.1 Å². The second-order valence-corrected chi connectivity index (χ2v) is 9.52. The first-order valence-corrected chi connectivity index (χ1v) is 9.03. The largest absolute Gasteiger partial charge is 0.392 e. The molecule has 0 saturated heterocycles. The highest BCUT2D eigenvalue weighted by Gasteiger charge is 2.64. The molecular weight excluding hydrogens is 268 g/mol. The van der Waals surface area contributed by atoms with E-state index in [4.69, 9.17) is 0 Å². The van der Waals surface area contributed by atoms with Crippen LogP contribution in [0, 0.1) is 12.8 Å². The zero-order valence-corrected chi connectivity index (χ0v) is 14.8. The lowest BCUT2D eigenvalue weighted by atomic mass is 9.62. The topological polar surface area (TPSA) is 20.2 Å². The van der Waals surface area contributed by atoms with Gasteiger partial charge in [0.25, 0.3) is 0 Å². The molecule has 0 heterocycles. The molecule has 3 atom stereocenters. The van der Waals surface area contributed by atoms with E-state index in [2.05, 4.69) is 46.8 Å². The van der Waals surface area contributed by atoms with Crippen molar-refractivity contribution >= 4 is 0 Å². The number of hydrogen-bond donors (Lipinski definition) is 1. The van der Waals surface area contributed by atoms with Crippen LogP contribution in [0.5, 0.6) is 0 Å². The Morgan fingerprint density at radius 3 is 2.00 bits per heavy atom. The molecule has 1 heteroatoms. The molecule has 120 valence electrons. The van der Waals surface area contributed by atoms with Crippen molar-refractivity contribution in [2.75, 3.05) is 0 Å². The number of aryl methyl sites for hydroxylation is 1. The van der Waals surface area contributed by atoms with Crippen molar-refractivity contribution in [3.8, 4) is 0 Å². The summed E-state index contributed by atoms with van der Waals surface area (Å²) in [6.07, 6.45) is 5.82. The Kier molecular flexibility index (Phi) is 2.80. The minimum Gasteiger partial charge on any atom is -0.392 e. The number of aliphatic hydroxyl groups excluding tert-OH is 1. The van der Waals surface area contributed by atoms with Gasteiger partial charge in [-0.1, -0.05) is 39.8 Å². The number of fused-ring (bicyclic) bond motifs is 2. The Balaban J connectivity index is 1.90. The normalized spacial score (nSPS) is 37.5. The van der Waals surface area contributed by atoms with Crippen molar-refractivity contribution in [1.82, 2.24) is 0 Å². The average Bonchev–Trinajstić information content (AvgIpc) is 3.09. The van der Waals surface area contributed by atoms with Crippen LogP contribution in [0.1, 0.15) is 82.1 Å². The third kappa shape index (κ3) is 1.75. The van der Waals surface area contributed by atoms with Crippen molar-refractivity contribution in [2.24, 2.45) is 5.92 Å². The summed E-state index contributed by atoms with van der Waals surface area (Å²) in [5.74, 6) is 0.735. The van der Waals surface area contributed by atoms with Crippen LogP contribution in [0.2, 0.25) is 0 Å². The van der Waals surface area contributed by atoms with Crippen LogP contribution in [-0.2, 0) is 16.2 Å². The fourth-order valence-corrected chi connectivity index (χ4v) is 5.47. The standard InChI is InChI=1S/C21H30O/c1-13-10-16-17(20(4,5)9-8-19(16,2)3)11-15(13)21-12-14(21)6-7-18(21)22/h10-11,14,18,22H,6-9,12H2,1-5H3. The molecule has 4 rings (SSSR count). The van der Waals surface area contributed by atoms with E-state index < -0.39 is 0 Å². The lowest BCUT2D eigenvalue weighted by Crippen LogP contribution is -2.35. The predicted molar refractivity (Wildman–Crippen MR) is 91.5 cm³/mol. The number of hydrogen-bond acceptors (Lipinski definition) is 1. The SMILES string of the molecule is Cc1cc2c(cc1C13CC1CCC3O)C(C)(C)CCC2(C)C. The predicted octanol–water partition coefficient (Wildman–Crippen LogP) is 4.76. The highest BCUT2D eigenvalue weighted by molar-refractivity contribution is 5.52. The molecule has 3 unspecified atom stereocenters. The second kappa shape index (κ2) is 4.17.